The molecule has 0 radical (unpaired) electrons. The van der Waals surface area contributed by atoms with Gasteiger partial charge < -0.3 is 19.7 Å². The summed E-state index contributed by atoms with van der Waals surface area (Å²) in [5.41, 5.74) is 1.07. The fraction of sp³-hybridized carbons (Fsp3) is 0.632. The molecule has 1 aliphatic heterocycles. The number of methoxy groups -OCH3 is 1. The lowest BCUT2D eigenvalue weighted by molar-refractivity contribution is 0.122. The number of ether oxygens (including phenoxy) is 2. The summed E-state index contributed by atoms with van der Waals surface area (Å²) in [5, 5.41) is 3.41. The highest BCUT2D eigenvalue weighted by Crippen LogP contribution is 2.21. The van der Waals surface area contributed by atoms with Gasteiger partial charge in [-0.3, -0.25) is 4.99 Å². The number of aliphatic imine (C=N–C) groups is 1. The molecule has 1 aliphatic rings. The fourth-order valence-corrected chi connectivity index (χ4v) is 3.41. The Balaban J connectivity index is 0.00000312. The van der Waals surface area contributed by atoms with Gasteiger partial charge >= 0.3 is 0 Å². The largest absolute Gasteiger partial charge is 0.496 e. The van der Waals surface area contributed by atoms with Gasteiger partial charge in [-0.25, -0.2) is 0 Å². The van der Waals surface area contributed by atoms with Crippen molar-refractivity contribution in [2.45, 2.75) is 26.9 Å². The molecular weight excluding hydrogens is 429 g/mol. The third-order valence-corrected chi connectivity index (χ3v) is 4.36. The summed E-state index contributed by atoms with van der Waals surface area (Å²) in [5.74, 6) is 3.29. The number of piperidine rings is 1. The minimum Gasteiger partial charge on any atom is -0.496 e. The highest BCUT2D eigenvalue weighted by molar-refractivity contribution is 14.0. The third-order valence-electron chi connectivity index (χ3n) is 4.36. The van der Waals surface area contributed by atoms with Crippen molar-refractivity contribution in [1.29, 1.82) is 0 Å². The molecule has 6 heteroatoms. The van der Waals surface area contributed by atoms with Gasteiger partial charge in [0.1, 0.15) is 5.75 Å². The van der Waals surface area contributed by atoms with E-state index in [2.05, 4.69) is 29.1 Å². The Labute approximate surface area is 169 Å². The van der Waals surface area contributed by atoms with E-state index in [0.29, 0.717) is 25.0 Å². The predicted octanol–water partition coefficient (Wildman–Crippen LogP) is 3.38. The van der Waals surface area contributed by atoms with Gasteiger partial charge in [-0.05, 0) is 24.3 Å². The first kappa shape index (κ1) is 22.0. The van der Waals surface area contributed by atoms with E-state index in [0.717, 1.165) is 36.9 Å². The molecule has 1 aromatic rings. The molecule has 0 amide bonds. The SMILES string of the molecule is CN=C(NCCOCc1ccccc1OC)N1CC(C)CC(C)C1.I. The van der Waals surface area contributed by atoms with Crippen molar-refractivity contribution < 1.29 is 9.47 Å². The Morgan fingerprint density at radius 1 is 1.24 bits per heavy atom. The van der Waals surface area contributed by atoms with E-state index in [1.165, 1.54) is 6.42 Å². The van der Waals surface area contributed by atoms with Crippen LogP contribution in [0.25, 0.3) is 0 Å². The Morgan fingerprint density at radius 2 is 1.92 bits per heavy atom. The molecule has 0 aromatic heterocycles. The Hall–Kier alpha value is -1.02. The van der Waals surface area contributed by atoms with Crippen molar-refractivity contribution in [3.8, 4) is 5.75 Å². The van der Waals surface area contributed by atoms with Gasteiger partial charge in [-0.15, -0.1) is 24.0 Å². The van der Waals surface area contributed by atoms with E-state index >= 15 is 0 Å². The maximum Gasteiger partial charge on any atom is 0.193 e. The van der Waals surface area contributed by atoms with Gasteiger partial charge in [0.15, 0.2) is 5.96 Å². The van der Waals surface area contributed by atoms with Gasteiger partial charge in [0, 0.05) is 32.2 Å². The lowest BCUT2D eigenvalue weighted by Gasteiger charge is -2.37. The van der Waals surface area contributed by atoms with Crippen LogP contribution in [0.3, 0.4) is 0 Å². The Kier molecular flexibility index (Phi) is 10.2. The molecular formula is C19H32IN3O2. The van der Waals surface area contributed by atoms with Crippen LogP contribution < -0.4 is 10.1 Å². The summed E-state index contributed by atoms with van der Waals surface area (Å²) >= 11 is 0. The van der Waals surface area contributed by atoms with Crippen molar-refractivity contribution in [2.24, 2.45) is 16.8 Å². The molecule has 2 atom stereocenters. The van der Waals surface area contributed by atoms with Gasteiger partial charge in [-0.1, -0.05) is 32.0 Å². The molecule has 5 nitrogen and oxygen atoms in total. The number of nitrogens with zero attached hydrogens (tertiary/aromatic N) is 2. The lowest BCUT2D eigenvalue weighted by Crippen LogP contribution is -2.49. The smallest absolute Gasteiger partial charge is 0.193 e. The molecule has 0 saturated carbocycles. The summed E-state index contributed by atoms with van der Waals surface area (Å²) < 4.78 is 11.1. The van der Waals surface area contributed by atoms with Crippen LogP contribution in [0.4, 0.5) is 0 Å². The van der Waals surface area contributed by atoms with E-state index in [-0.39, 0.29) is 24.0 Å². The fourth-order valence-electron chi connectivity index (χ4n) is 3.41. The second-order valence-corrected chi connectivity index (χ2v) is 6.69. The quantitative estimate of drug-likeness (QED) is 0.306. The number of hydrogen-bond acceptors (Lipinski definition) is 3. The van der Waals surface area contributed by atoms with E-state index < -0.39 is 0 Å². The van der Waals surface area contributed by atoms with Crippen molar-refractivity contribution in [1.82, 2.24) is 10.2 Å². The van der Waals surface area contributed by atoms with E-state index in [4.69, 9.17) is 9.47 Å². The molecule has 1 fully saturated rings. The highest BCUT2D eigenvalue weighted by atomic mass is 127. The van der Waals surface area contributed by atoms with E-state index in [1.807, 2.05) is 31.3 Å². The van der Waals surface area contributed by atoms with Crippen molar-refractivity contribution in [3.63, 3.8) is 0 Å². The van der Waals surface area contributed by atoms with Gasteiger partial charge in [0.05, 0.1) is 20.3 Å². The molecule has 1 heterocycles. The maximum atomic E-state index is 5.77. The highest BCUT2D eigenvalue weighted by Gasteiger charge is 2.23. The minimum atomic E-state index is 0. The number of nitrogens with one attached hydrogen (secondary N) is 1. The lowest BCUT2D eigenvalue weighted by atomic mass is 9.92. The van der Waals surface area contributed by atoms with Crippen LogP contribution in [0.1, 0.15) is 25.8 Å². The van der Waals surface area contributed by atoms with Crippen molar-refractivity contribution in [3.05, 3.63) is 29.8 Å². The molecule has 1 N–H and O–H groups in total. The minimum absolute atomic E-state index is 0. The molecule has 0 spiro atoms. The van der Waals surface area contributed by atoms with Gasteiger partial charge in [0.2, 0.25) is 0 Å². The van der Waals surface area contributed by atoms with Crippen LogP contribution in [0.5, 0.6) is 5.75 Å². The topological polar surface area (TPSA) is 46.1 Å². The standard InChI is InChI=1S/C19H31N3O2.HI/c1-15-11-16(2)13-22(12-15)19(20-3)21-9-10-24-14-17-7-5-6-8-18(17)23-4;/h5-8,15-16H,9-14H2,1-4H3,(H,20,21);1H. The van der Waals surface area contributed by atoms with Crippen LogP contribution in [-0.4, -0.2) is 51.3 Å². The number of guanidine groups is 1. The summed E-state index contributed by atoms with van der Waals surface area (Å²) in [6.07, 6.45) is 1.30. The first-order valence-electron chi connectivity index (χ1n) is 8.79. The molecule has 0 bridgehead atoms. The Morgan fingerprint density at radius 3 is 2.56 bits per heavy atom. The zero-order chi connectivity index (χ0) is 17.4. The van der Waals surface area contributed by atoms with Gasteiger partial charge in [-0.2, -0.15) is 0 Å². The number of para-hydroxylation sites is 1. The molecule has 2 rings (SSSR count). The number of halogens is 1. The molecule has 0 aliphatic carbocycles. The maximum absolute atomic E-state index is 5.77. The van der Waals surface area contributed by atoms with Crippen LogP contribution in [0, 0.1) is 11.8 Å². The summed E-state index contributed by atoms with van der Waals surface area (Å²) in [6.45, 7) is 8.72. The normalized spacial score (nSPS) is 20.8. The second kappa shape index (κ2) is 11.6. The number of likely N-dealkylation sites (tertiary alicyclic amines) is 1. The first-order valence-corrected chi connectivity index (χ1v) is 8.79. The Bertz CT molecular complexity index is 529. The van der Waals surface area contributed by atoms with E-state index in [1.54, 1.807) is 7.11 Å². The average molecular weight is 461 g/mol. The third kappa shape index (κ3) is 7.01. The van der Waals surface area contributed by atoms with Crippen molar-refractivity contribution >= 4 is 29.9 Å². The zero-order valence-electron chi connectivity index (χ0n) is 15.8. The first-order chi connectivity index (χ1) is 11.6. The number of hydrogen-bond donors (Lipinski definition) is 1. The van der Waals surface area contributed by atoms with E-state index in [9.17, 15) is 0 Å². The summed E-state index contributed by atoms with van der Waals surface area (Å²) in [6, 6.07) is 7.95. The van der Waals surface area contributed by atoms with Crippen LogP contribution in [0.15, 0.2) is 29.3 Å². The van der Waals surface area contributed by atoms with Crippen molar-refractivity contribution in [2.75, 3.05) is 40.4 Å². The predicted molar refractivity (Wildman–Crippen MR) is 114 cm³/mol. The van der Waals surface area contributed by atoms with Crippen LogP contribution in [0.2, 0.25) is 0 Å². The number of rotatable bonds is 6. The molecule has 1 aromatic carbocycles. The monoisotopic (exact) mass is 461 g/mol. The summed E-state index contributed by atoms with van der Waals surface area (Å²) in [7, 11) is 3.53. The molecule has 2 unspecified atom stereocenters. The van der Waals surface area contributed by atoms with Crippen LogP contribution in [-0.2, 0) is 11.3 Å². The van der Waals surface area contributed by atoms with Crippen LogP contribution >= 0.6 is 24.0 Å². The zero-order valence-corrected chi connectivity index (χ0v) is 18.2. The molecule has 1 saturated heterocycles. The average Bonchev–Trinajstić information content (AvgIpc) is 2.57. The molecule has 142 valence electrons. The number of benzene rings is 1. The summed E-state index contributed by atoms with van der Waals surface area (Å²) in [4.78, 5) is 6.78. The van der Waals surface area contributed by atoms with Gasteiger partial charge in [0.25, 0.3) is 0 Å². The second-order valence-electron chi connectivity index (χ2n) is 6.69. The molecule has 25 heavy (non-hydrogen) atoms.